The van der Waals surface area contributed by atoms with E-state index in [1.54, 1.807) is 4.90 Å². The lowest BCUT2D eigenvalue weighted by molar-refractivity contribution is -0.142. The van der Waals surface area contributed by atoms with Crippen LogP contribution in [-0.4, -0.2) is 127 Å². The zero-order chi connectivity index (χ0) is 36.3. The Morgan fingerprint density at radius 2 is 1.63 bits per heavy atom. The van der Waals surface area contributed by atoms with Gasteiger partial charge in [0.25, 0.3) is 5.91 Å². The van der Waals surface area contributed by atoms with E-state index in [0.29, 0.717) is 58.0 Å². The molecule has 11 nitrogen and oxygen atoms in total. The van der Waals surface area contributed by atoms with Crippen LogP contribution in [0.15, 0.2) is 36.4 Å². The summed E-state index contributed by atoms with van der Waals surface area (Å²) >= 11 is 6.12. The van der Waals surface area contributed by atoms with Crippen LogP contribution >= 0.6 is 11.6 Å². The van der Waals surface area contributed by atoms with E-state index in [1.165, 1.54) is 11.0 Å². The van der Waals surface area contributed by atoms with Crippen molar-refractivity contribution in [2.45, 2.75) is 69.3 Å². The van der Waals surface area contributed by atoms with Crippen molar-refractivity contribution in [2.75, 3.05) is 77.0 Å². The maximum absolute atomic E-state index is 14.0. The monoisotopic (exact) mass is 733 g/mol. The fourth-order valence-electron chi connectivity index (χ4n) is 7.80. The van der Waals surface area contributed by atoms with Gasteiger partial charge < -0.3 is 35.4 Å². The van der Waals surface area contributed by atoms with E-state index in [4.69, 9.17) is 22.1 Å². The lowest BCUT2D eigenvalue weighted by Crippen LogP contribution is -2.53. The van der Waals surface area contributed by atoms with Crippen molar-refractivity contribution in [1.82, 2.24) is 24.5 Å². The van der Waals surface area contributed by atoms with Gasteiger partial charge in [0.2, 0.25) is 0 Å². The van der Waals surface area contributed by atoms with Crippen LogP contribution in [0.2, 0.25) is 5.02 Å². The van der Waals surface area contributed by atoms with Crippen LogP contribution in [-0.2, 0) is 28.5 Å². The van der Waals surface area contributed by atoms with Gasteiger partial charge in [-0.05, 0) is 88.0 Å². The molecule has 6 rings (SSSR count). The molecule has 15 heteroatoms. The van der Waals surface area contributed by atoms with Crippen LogP contribution in [0.5, 0.6) is 0 Å². The van der Waals surface area contributed by atoms with Crippen molar-refractivity contribution in [3.63, 3.8) is 0 Å². The molecular formula is C36H47ClF3N7O4. The number of fused-ring (bicyclic) bond motifs is 1. The van der Waals surface area contributed by atoms with Crippen LogP contribution in [0.3, 0.4) is 0 Å². The lowest BCUT2D eigenvalue weighted by Gasteiger charge is -2.40. The molecule has 4 heterocycles. The van der Waals surface area contributed by atoms with E-state index < -0.39 is 35.5 Å². The summed E-state index contributed by atoms with van der Waals surface area (Å²) in [6.45, 7) is 6.03. The molecule has 51 heavy (non-hydrogen) atoms. The van der Waals surface area contributed by atoms with Gasteiger partial charge in [-0.25, -0.2) is 9.59 Å². The Labute approximate surface area is 301 Å². The third-order valence-corrected chi connectivity index (χ3v) is 11.1. The number of nitrogens with zero attached hydrogens (tertiary/aromatic N) is 5. The van der Waals surface area contributed by atoms with Crippen LogP contribution in [0.4, 0.5) is 34.1 Å². The highest BCUT2D eigenvalue weighted by atomic mass is 35.5. The number of likely N-dealkylation sites (tertiary alicyclic amines) is 2. The number of carbonyl (C=O) groups excluding carboxylic acids is 3. The zero-order valence-corrected chi connectivity index (χ0v) is 29.7. The van der Waals surface area contributed by atoms with Crippen molar-refractivity contribution in [3.8, 4) is 0 Å². The number of hydrogen-bond acceptors (Lipinski definition) is 7. The van der Waals surface area contributed by atoms with Crippen molar-refractivity contribution < 1.29 is 32.3 Å². The number of likely N-dealkylation sites (N-methyl/N-ethyl adjacent to an activating group) is 1. The number of para-hydroxylation sites is 1. The van der Waals surface area contributed by atoms with Crippen molar-refractivity contribution >= 4 is 41.0 Å². The molecule has 0 saturated carbocycles. The Balaban J connectivity index is 1.12. The minimum Gasteiger partial charge on any atom is -0.436 e. The molecule has 2 aromatic rings. The second-order valence-electron chi connectivity index (χ2n) is 14.1. The molecule has 1 atom stereocenters. The van der Waals surface area contributed by atoms with Crippen molar-refractivity contribution in [3.05, 3.63) is 58.1 Å². The Morgan fingerprint density at radius 1 is 0.941 bits per heavy atom. The number of hydrogen-bond donors (Lipinski definition) is 2. The fraction of sp³-hybridized carbons (Fsp3) is 0.583. The molecular weight excluding hydrogens is 687 g/mol. The second kappa shape index (κ2) is 15.9. The number of nitrogens with one attached hydrogen (secondary N) is 1. The topological polar surface area (TPSA) is 115 Å². The number of anilines is 2. The summed E-state index contributed by atoms with van der Waals surface area (Å²) in [6, 6.07) is 9.91. The molecule has 4 aliphatic heterocycles. The molecule has 0 bridgehead atoms. The molecule has 0 aliphatic carbocycles. The van der Waals surface area contributed by atoms with Gasteiger partial charge in [0, 0.05) is 70.0 Å². The molecule has 278 valence electrons. The Kier molecular flexibility index (Phi) is 11.5. The predicted molar refractivity (Wildman–Crippen MR) is 189 cm³/mol. The Hall–Kier alpha value is -3.75. The van der Waals surface area contributed by atoms with E-state index in [-0.39, 0.29) is 29.1 Å². The molecule has 3 saturated heterocycles. The third-order valence-electron chi connectivity index (χ3n) is 10.8. The Bertz CT molecular complexity index is 1580. The van der Waals surface area contributed by atoms with Gasteiger partial charge in [0.1, 0.15) is 0 Å². The van der Waals surface area contributed by atoms with Gasteiger partial charge in [-0.3, -0.25) is 9.69 Å². The first-order chi connectivity index (χ1) is 24.4. The SMILES string of the molecule is CN1CCCN(C2CCN(C(=O)C(Cc3cc(Cl)c(N)c(C(F)(F)F)c3)OC(=O)N3CCC(N4CCc5ccccc5NC4=O)CC3)CC2)CC1. The molecule has 0 radical (unpaired) electrons. The number of benzene rings is 2. The minimum absolute atomic E-state index is 0.0862. The summed E-state index contributed by atoms with van der Waals surface area (Å²) in [5, 5.41) is 2.70. The predicted octanol–water partition coefficient (Wildman–Crippen LogP) is 5.17. The van der Waals surface area contributed by atoms with Crippen LogP contribution < -0.4 is 11.1 Å². The highest BCUT2D eigenvalue weighted by Crippen LogP contribution is 2.38. The summed E-state index contributed by atoms with van der Waals surface area (Å²) in [7, 11) is 2.12. The van der Waals surface area contributed by atoms with Crippen molar-refractivity contribution in [2.24, 2.45) is 0 Å². The lowest BCUT2D eigenvalue weighted by atomic mass is 9.99. The highest BCUT2D eigenvalue weighted by Gasteiger charge is 2.38. The number of carbonyl (C=O) groups is 3. The second-order valence-corrected chi connectivity index (χ2v) is 14.5. The van der Waals surface area contributed by atoms with Gasteiger partial charge in [-0.2, -0.15) is 13.2 Å². The molecule has 0 spiro atoms. The van der Waals surface area contributed by atoms with E-state index in [0.717, 1.165) is 62.8 Å². The van der Waals surface area contributed by atoms with E-state index in [1.807, 2.05) is 29.2 Å². The first-order valence-corrected chi connectivity index (χ1v) is 18.2. The van der Waals surface area contributed by atoms with Crippen LogP contribution in [0.25, 0.3) is 0 Å². The average Bonchev–Trinajstić information content (AvgIpc) is 3.43. The van der Waals surface area contributed by atoms with E-state index >= 15 is 0 Å². The number of halogens is 4. The number of nitrogens with two attached hydrogens (primary N) is 1. The number of amides is 4. The van der Waals surface area contributed by atoms with Gasteiger partial charge in [-0.1, -0.05) is 29.8 Å². The first kappa shape index (κ1) is 37.0. The molecule has 0 aromatic heterocycles. The summed E-state index contributed by atoms with van der Waals surface area (Å²) in [4.78, 5) is 50.5. The summed E-state index contributed by atoms with van der Waals surface area (Å²) in [6.07, 6.45) is -2.82. The molecule has 4 aliphatic rings. The molecule has 1 unspecified atom stereocenters. The number of piperidine rings is 2. The quantitative estimate of drug-likeness (QED) is 0.394. The number of alkyl halides is 3. The van der Waals surface area contributed by atoms with Gasteiger partial charge in [0.05, 0.1) is 16.3 Å². The van der Waals surface area contributed by atoms with Crippen molar-refractivity contribution in [1.29, 1.82) is 0 Å². The molecule has 4 amide bonds. The van der Waals surface area contributed by atoms with E-state index in [9.17, 15) is 27.6 Å². The molecule has 2 aromatic carbocycles. The minimum atomic E-state index is -4.76. The number of rotatable bonds is 6. The normalized spacial score (nSPS) is 21.0. The number of nitrogen functional groups attached to an aromatic ring is 1. The Morgan fingerprint density at radius 3 is 2.35 bits per heavy atom. The van der Waals surface area contributed by atoms with Crippen LogP contribution in [0, 0.1) is 0 Å². The zero-order valence-electron chi connectivity index (χ0n) is 29.0. The average molecular weight is 734 g/mol. The van der Waals surface area contributed by atoms with Gasteiger partial charge in [0.15, 0.2) is 6.10 Å². The standard InChI is InChI=1S/C36H47ClF3N7O4/c1-43-12-4-13-44(20-19-43)26-8-14-45(15-9-26)33(48)31(23-24-21-28(36(38,39)40)32(41)29(37)22-24)51-35(50)46-16-10-27(11-17-46)47-18-7-25-5-2-3-6-30(25)42-34(47)49/h2-3,5-6,21-22,26-27,31H,4,7-20,23,41H2,1H3,(H,42,49). The maximum Gasteiger partial charge on any atom is 0.418 e. The largest absolute Gasteiger partial charge is 0.436 e. The third kappa shape index (κ3) is 8.83. The van der Waals surface area contributed by atoms with Gasteiger partial charge in [-0.15, -0.1) is 0 Å². The first-order valence-electron chi connectivity index (χ1n) is 17.8. The smallest absolute Gasteiger partial charge is 0.418 e. The van der Waals surface area contributed by atoms with Gasteiger partial charge >= 0.3 is 18.3 Å². The summed E-state index contributed by atoms with van der Waals surface area (Å²) in [5.41, 5.74) is 5.91. The molecule has 3 N–H and O–H groups in total. The number of ether oxygens (including phenoxy) is 1. The summed E-state index contributed by atoms with van der Waals surface area (Å²) < 4.78 is 47.4. The highest BCUT2D eigenvalue weighted by molar-refractivity contribution is 6.33. The number of urea groups is 1. The van der Waals surface area contributed by atoms with E-state index in [2.05, 4.69) is 22.2 Å². The summed E-state index contributed by atoms with van der Waals surface area (Å²) in [5.74, 6) is -0.449. The van der Waals surface area contributed by atoms with Crippen LogP contribution in [0.1, 0.15) is 48.8 Å². The molecule has 3 fully saturated rings. The fourth-order valence-corrected chi connectivity index (χ4v) is 8.04. The maximum atomic E-state index is 14.0.